The van der Waals surface area contributed by atoms with Crippen LogP contribution in [-0.2, 0) is 23.2 Å². The Morgan fingerprint density at radius 3 is 2.61 bits per heavy atom. The molecule has 2 aromatic rings. The second-order valence-electron chi connectivity index (χ2n) is 5.19. The fourth-order valence-corrected chi connectivity index (χ4v) is 2.35. The van der Waals surface area contributed by atoms with Crippen molar-refractivity contribution in [2.75, 3.05) is 0 Å². The van der Waals surface area contributed by atoms with Gasteiger partial charge in [0, 0.05) is 7.05 Å². The Bertz CT molecular complexity index is 662. The molecule has 0 unspecified atom stereocenters. The third-order valence-electron chi connectivity index (χ3n) is 3.39. The molecule has 0 radical (unpaired) electrons. The van der Waals surface area contributed by atoms with Gasteiger partial charge < -0.3 is 15.2 Å². The molecule has 0 bridgehead atoms. The largest absolute Gasteiger partial charge is 0.481 e. The van der Waals surface area contributed by atoms with Gasteiger partial charge in [0.25, 0.3) is 0 Å². The van der Waals surface area contributed by atoms with Crippen LogP contribution in [0, 0.1) is 6.92 Å². The number of rotatable bonds is 6. The Morgan fingerprint density at radius 1 is 1.35 bits per heavy atom. The van der Waals surface area contributed by atoms with E-state index in [0.717, 1.165) is 11.1 Å². The van der Waals surface area contributed by atoms with Crippen LogP contribution in [0.4, 0.5) is 4.79 Å². The SMILES string of the molecule is Cc1cnn(C)c1[C@@H](CC(=O)O)NC(=O)OCc1ccccc1. The van der Waals surface area contributed by atoms with Gasteiger partial charge in [0.15, 0.2) is 0 Å². The summed E-state index contributed by atoms with van der Waals surface area (Å²) < 4.78 is 6.70. The van der Waals surface area contributed by atoms with E-state index >= 15 is 0 Å². The standard InChI is InChI=1S/C16H19N3O4/c1-11-9-17-19(2)15(11)13(8-14(20)21)18-16(22)23-10-12-6-4-3-5-7-12/h3-7,9,13H,8,10H2,1-2H3,(H,18,22)(H,20,21)/t13-/m1/s1. The fraction of sp³-hybridized carbons (Fsp3) is 0.312. The molecule has 1 aromatic carbocycles. The van der Waals surface area contributed by atoms with Gasteiger partial charge in [-0.15, -0.1) is 0 Å². The molecule has 0 fully saturated rings. The summed E-state index contributed by atoms with van der Waals surface area (Å²) in [4.78, 5) is 23.0. The number of carbonyl (C=O) groups is 2. The molecule has 0 spiro atoms. The summed E-state index contributed by atoms with van der Waals surface area (Å²) in [6, 6.07) is 8.55. The number of amides is 1. The minimum absolute atomic E-state index is 0.122. The lowest BCUT2D eigenvalue weighted by atomic mass is 10.1. The maximum Gasteiger partial charge on any atom is 0.408 e. The summed E-state index contributed by atoms with van der Waals surface area (Å²) in [7, 11) is 1.70. The Hall–Kier alpha value is -2.83. The highest BCUT2D eigenvalue weighted by Crippen LogP contribution is 2.20. The lowest BCUT2D eigenvalue weighted by molar-refractivity contribution is -0.137. The molecule has 7 heteroatoms. The Balaban J connectivity index is 2.03. The van der Waals surface area contributed by atoms with Gasteiger partial charge in [-0.1, -0.05) is 30.3 Å². The van der Waals surface area contributed by atoms with Crippen LogP contribution in [0.15, 0.2) is 36.5 Å². The number of aliphatic carboxylic acids is 1. The fourth-order valence-electron chi connectivity index (χ4n) is 2.35. The van der Waals surface area contributed by atoms with E-state index in [-0.39, 0.29) is 13.0 Å². The zero-order valence-electron chi connectivity index (χ0n) is 13.0. The van der Waals surface area contributed by atoms with Crippen molar-refractivity contribution in [2.45, 2.75) is 26.0 Å². The maximum atomic E-state index is 12.0. The molecular formula is C16H19N3O4. The van der Waals surface area contributed by atoms with E-state index in [0.29, 0.717) is 5.69 Å². The highest BCUT2D eigenvalue weighted by Gasteiger charge is 2.23. The first-order valence-corrected chi connectivity index (χ1v) is 7.15. The van der Waals surface area contributed by atoms with Crippen molar-refractivity contribution < 1.29 is 19.4 Å². The van der Waals surface area contributed by atoms with E-state index in [9.17, 15) is 9.59 Å². The summed E-state index contributed by atoms with van der Waals surface area (Å²) in [5.41, 5.74) is 2.31. The first-order valence-electron chi connectivity index (χ1n) is 7.15. The number of alkyl carbamates (subject to hydrolysis) is 1. The van der Waals surface area contributed by atoms with Crippen molar-refractivity contribution >= 4 is 12.1 Å². The lowest BCUT2D eigenvalue weighted by Crippen LogP contribution is -2.32. The van der Waals surface area contributed by atoms with Crippen LogP contribution in [0.5, 0.6) is 0 Å². The normalized spacial score (nSPS) is 11.7. The Labute approximate surface area is 133 Å². The second kappa shape index (κ2) is 7.44. The molecule has 1 atom stereocenters. The first-order chi connectivity index (χ1) is 11.0. The molecule has 0 saturated carbocycles. The number of carboxylic acids is 1. The monoisotopic (exact) mass is 317 g/mol. The van der Waals surface area contributed by atoms with Crippen LogP contribution in [0.3, 0.4) is 0 Å². The number of aromatic nitrogens is 2. The van der Waals surface area contributed by atoms with Crippen LogP contribution in [0.1, 0.15) is 29.3 Å². The molecule has 1 amide bonds. The highest BCUT2D eigenvalue weighted by atomic mass is 16.5. The summed E-state index contributed by atoms with van der Waals surface area (Å²) in [5, 5.41) is 15.7. The summed E-state index contributed by atoms with van der Waals surface area (Å²) in [5.74, 6) is -1.01. The minimum atomic E-state index is -1.01. The van der Waals surface area contributed by atoms with Gasteiger partial charge in [0.1, 0.15) is 6.61 Å². The molecule has 0 saturated heterocycles. The van der Waals surface area contributed by atoms with Crippen LogP contribution in [-0.4, -0.2) is 26.9 Å². The molecule has 2 rings (SSSR count). The summed E-state index contributed by atoms with van der Waals surface area (Å²) in [6.07, 6.45) is 0.711. The average molecular weight is 317 g/mol. The van der Waals surface area contributed by atoms with Crippen molar-refractivity contribution in [1.82, 2.24) is 15.1 Å². The number of nitrogens with one attached hydrogen (secondary N) is 1. The van der Waals surface area contributed by atoms with Gasteiger partial charge in [0.05, 0.1) is 24.4 Å². The Morgan fingerprint density at radius 2 is 2.04 bits per heavy atom. The van der Waals surface area contributed by atoms with Crippen LogP contribution in [0.2, 0.25) is 0 Å². The van der Waals surface area contributed by atoms with Gasteiger partial charge in [-0.3, -0.25) is 9.48 Å². The number of nitrogens with zero attached hydrogens (tertiary/aromatic N) is 2. The molecule has 1 aromatic heterocycles. The van der Waals surface area contributed by atoms with Gasteiger partial charge in [-0.05, 0) is 18.1 Å². The van der Waals surface area contributed by atoms with Gasteiger partial charge >= 0.3 is 12.1 Å². The van der Waals surface area contributed by atoms with Gasteiger partial charge in [0.2, 0.25) is 0 Å². The third-order valence-corrected chi connectivity index (χ3v) is 3.39. The molecule has 23 heavy (non-hydrogen) atoms. The zero-order valence-corrected chi connectivity index (χ0v) is 13.0. The predicted octanol–water partition coefficient (Wildman–Crippen LogP) is 2.17. The van der Waals surface area contributed by atoms with Crippen molar-refractivity contribution in [3.05, 3.63) is 53.3 Å². The predicted molar refractivity (Wildman–Crippen MR) is 82.7 cm³/mol. The van der Waals surface area contributed by atoms with E-state index in [1.165, 1.54) is 0 Å². The summed E-state index contributed by atoms with van der Waals surface area (Å²) in [6.45, 7) is 1.94. The number of carboxylic acid groups (broad SMARTS) is 1. The van der Waals surface area contributed by atoms with Crippen LogP contribution >= 0.6 is 0 Å². The lowest BCUT2D eigenvalue weighted by Gasteiger charge is -2.18. The van der Waals surface area contributed by atoms with Crippen molar-refractivity contribution in [3.63, 3.8) is 0 Å². The average Bonchev–Trinajstić information content (AvgIpc) is 2.84. The van der Waals surface area contributed by atoms with Crippen LogP contribution < -0.4 is 5.32 Å². The quantitative estimate of drug-likeness (QED) is 0.851. The number of hydrogen-bond acceptors (Lipinski definition) is 4. The smallest absolute Gasteiger partial charge is 0.408 e. The van der Waals surface area contributed by atoms with Crippen molar-refractivity contribution in [3.8, 4) is 0 Å². The number of ether oxygens (including phenoxy) is 1. The number of hydrogen-bond donors (Lipinski definition) is 2. The molecule has 0 aliphatic heterocycles. The van der Waals surface area contributed by atoms with E-state index in [1.807, 2.05) is 37.3 Å². The molecule has 0 aliphatic carbocycles. The molecular weight excluding hydrogens is 298 g/mol. The van der Waals surface area contributed by atoms with E-state index in [2.05, 4.69) is 10.4 Å². The highest BCUT2D eigenvalue weighted by molar-refractivity contribution is 5.71. The van der Waals surface area contributed by atoms with Crippen LogP contribution in [0.25, 0.3) is 0 Å². The van der Waals surface area contributed by atoms with Crippen molar-refractivity contribution in [1.29, 1.82) is 0 Å². The molecule has 1 heterocycles. The molecule has 0 aliphatic rings. The number of aryl methyl sites for hydroxylation is 2. The molecule has 7 nitrogen and oxygen atoms in total. The summed E-state index contributed by atoms with van der Waals surface area (Å²) >= 11 is 0. The molecule has 122 valence electrons. The molecule has 2 N–H and O–H groups in total. The Kier molecular flexibility index (Phi) is 5.35. The minimum Gasteiger partial charge on any atom is -0.481 e. The van der Waals surface area contributed by atoms with Crippen molar-refractivity contribution in [2.24, 2.45) is 7.05 Å². The zero-order chi connectivity index (χ0) is 16.8. The third kappa shape index (κ3) is 4.57. The topological polar surface area (TPSA) is 93.5 Å². The number of carbonyl (C=O) groups excluding carboxylic acids is 1. The van der Waals surface area contributed by atoms with E-state index in [4.69, 9.17) is 9.84 Å². The maximum absolute atomic E-state index is 12.0. The number of benzene rings is 1. The van der Waals surface area contributed by atoms with Gasteiger partial charge in [-0.2, -0.15) is 5.10 Å². The van der Waals surface area contributed by atoms with E-state index < -0.39 is 18.1 Å². The van der Waals surface area contributed by atoms with Gasteiger partial charge in [-0.25, -0.2) is 4.79 Å². The van der Waals surface area contributed by atoms with E-state index in [1.54, 1.807) is 17.9 Å². The second-order valence-corrected chi connectivity index (χ2v) is 5.19. The first kappa shape index (κ1) is 16.5.